The molecule has 2 aliphatic rings. The molecule has 0 amide bonds. The number of benzene rings is 1. The number of nitrogens with zero attached hydrogens (tertiary/aromatic N) is 1. The second-order valence-electron chi connectivity index (χ2n) is 5.40. The van der Waals surface area contributed by atoms with E-state index in [0.29, 0.717) is 6.04 Å². The van der Waals surface area contributed by atoms with E-state index in [1.54, 1.807) is 0 Å². The molecule has 3 nitrogen and oxygen atoms in total. The predicted octanol–water partition coefficient (Wildman–Crippen LogP) is 3.04. The van der Waals surface area contributed by atoms with E-state index in [2.05, 4.69) is 34.7 Å². The van der Waals surface area contributed by atoms with Crippen LogP contribution in [-0.4, -0.2) is 17.0 Å². The first kappa shape index (κ1) is 11.7. The van der Waals surface area contributed by atoms with Crippen molar-refractivity contribution in [2.75, 3.05) is 0 Å². The Morgan fingerprint density at radius 3 is 2.67 bits per heavy atom. The molecule has 1 unspecified atom stereocenters. The highest BCUT2D eigenvalue weighted by Gasteiger charge is 2.30. The van der Waals surface area contributed by atoms with Gasteiger partial charge in [-0.3, -0.25) is 0 Å². The van der Waals surface area contributed by atoms with E-state index < -0.39 is 0 Å². The third-order valence-corrected chi connectivity index (χ3v) is 4.21. The Kier molecular flexibility index (Phi) is 3.33. The predicted molar refractivity (Wildman–Crippen MR) is 72.1 cm³/mol. The number of rotatable bonds is 2. The van der Waals surface area contributed by atoms with E-state index in [1.807, 2.05) is 0 Å². The van der Waals surface area contributed by atoms with Gasteiger partial charge in [-0.15, -0.1) is 0 Å². The summed E-state index contributed by atoms with van der Waals surface area (Å²) in [4.78, 5) is 0. The van der Waals surface area contributed by atoms with Crippen molar-refractivity contribution in [1.82, 2.24) is 5.32 Å². The Hall–Kier alpha value is -1.35. The van der Waals surface area contributed by atoms with Gasteiger partial charge in [0.1, 0.15) is 0 Å². The maximum Gasteiger partial charge on any atom is 0.0829 e. The van der Waals surface area contributed by atoms with Gasteiger partial charge in [-0.05, 0) is 24.0 Å². The van der Waals surface area contributed by atoms with Gasteiger partial charge in [-0.25, -0.2) is 0 Å². The van der Waals surface area contributed by atoms with Crippen LogP contribution in [-0.2, 0) is 6.42 Å². The zero-order chi connectivity index (χ0) is 12.4. The summed E-state index contributed by atoms with van der Waals surface area (Å²) < 4.78 is 0. The summed E-state index contributed by atoms with van der Waals surface area (Å²) in [5.74, 6) is 0. The van der Waals surface area contributed by atoms with E-state index in [-0.39, 0.29) is 6.04 Å². The first-order valence-corrected chi connectivity index (χ1v) is 6.93. The molecule has 0 aliphatic heterocycles. The van der Waals surface area contributed by atoms with Gasteiger partial charge >= 0.3 is 0 Å². The molecule has 0 saturated heterocycles. The van der Waals surface area contributed by atoms with Gasteiger partial charge in [0.15, 0.2) is 0 Å². The molecule has 96 valence electrons. The van der Waals surface area contributed by atoms with Crippen molar-refractivity contribution in [2.24, 2.45) is 5.16 Å². The molecule has 18 heavy (non-hydrogen) atoms. The van der Waals surface area contributed by atoms with E-state index >= 15 is 0 Å². The van der Waals surface area contributed by atoms with Crippen LogP contribution >= 0.6 is 0 Å². The summed E-state index contributed by atoms with van der Waals surface area (Å²) in [5.41, 5.74) is 3.44. The molecule has 0 heterocycles. The highest BCUT2D eigenvalue weighted by Crippen LogP contribution is 2.31. The van der Waals surface area contributed by atoms with Crippen molar-refractivity contribution < 1.29 is 5.21 Å². The smallest absolute Gasteiger partial charge is 0.0829 e. The Balaban J connectivity index is 1.80. The lowest BCUT2D eigenvalue weighted by Crippen LogP contribution is -2.36. The van der Waals surface area contributed by atoms with Gasteiger partial charge < -0.3 is 10.5 Å². The normalized spacial score (nSPS) is 26.4. The van der Waals surface area contributed by atoms with Crippen molar-refractivity contribution in [2.45, 2.75) is 50.6 Å². The molecule has 2 aliphatic carbocycles. The van der Waals surface area contributed by atoms with Gasteiger partial charge in [0, 0.05) is 12.5 Å². The summed E-state index contributed by atoms with van der Waals surface area (Å²) >= 11 is 0. The molecule has 0 radical (unpaired) electrons. The van der Waals surface area contributed by atoms with E-state index in [4.69, 9.17) is 0 Å². The molecule has 1 atom stereocenters. The van der Waals surface area contributed by atoms with Crippen molar-refractivity contribution in [3.05, 3.63) is 35.4 Å². The van der Waals surface area contributed by atoms with E-state index in [1.165, 1.54) is 43.2 Å². The first-order valence-electron chi connectivity index (χ1n) is 6.93. The summed E-state index contributed by atoms with van der Waals surface area (Å²) in [5, 5.41) is 16.4. The number of hydrogen-bond donors (Lipinski definition) is 2. The second kappa shape index (κ2) is 5.11. The van der Waals surface area contributed by atoms with Crippen LogP contribution in [0.2, 0.25) is 0 Å². The molecule has 3 heteroatoms. The van der Waals surface area contributed by atoms with Crippen molar-refractivity contribution >= 4 is 5.71 Å². The summed E-state index contributed by atoms with van der Waals surface area (Å²) in [7, 11) is 0. The van der Waals surface area contributed by atoms with Gasteiger partial charge in [-0.1, -0.05) is 48.7 Å². The molecule has 2 N–H and O–H groups in total. The Morgan fingerprint density at radius 2 is 1.89 bits per heavy atom. The largest absolute Gasteiger partial charge is 0.411 e. The number of oxime groups is 1. The minimum Gasteiger partial charge on any atom is -0.411 e. The first-order chi connectivity index (χ1) is 8.88. The van der Waals surface area contributed by atoms with Gasteiger partial charge in [-0.2, -0.15) is 0 Å². The Labute approximate surface area is 108 Å². The summed E-state index contributed by atoms with van der Waals surface area (Å²) in [6, 6.07) is 9.09. The van der Waals surface area contributed by atoms with Crippen LogP contribution in [0.3, 0.4) is 0 Å². The topological polar surface area (TPSA) is 44.6 Å². The van der Waals surface area contributed by atoms with Crippen LogP contribution < -0.4 is 5.32 Å². The fraction of sp³-hybridized carbons (Fsp3) is 0.533. The maximum absolute atomic E-state index is 9.19. The van der Waals surface area contributed by atoms with Gasteiger partial charge in [0.25, 0.3) is 0 Å². The molecule has 1 aromatic rings. The molecule has 1 fully saturated rings. The lowest BCUT2D eigenvalue weighted by molar-refractivity contribution is 0.311. The van der Waals surface area contributed by atoms with E-state index in [0.717, 1.165) is 12.1 Å². The molecule has 0 bridgehead atoms. The Morgan fingerprint density at radius 1 is 1.11 bits per heavy atom. The average molecular weight is 244 g/mol. The van der Waals surface area contributed by atoms with Crippen LogP contribution in [0.1, 0.15) is 49.3 Å². The van der Waals surface area contributed by atoms with Crippen LogP contribution in [0.15, 0.2) is 29.4 Å². The SMILES string of the molecule is ON=C1Cc2ccccc2C1NC1CCCCC1. The van der Waals surface area contributed by atoms with Crippen molar-refractivity contribution in [3.63, 3.8) is 0 Å². The quantitative estimate of drug-likeness (QED) is 0.620. The van der Waals surface area contributed by atoms with Crippen LogP contribution in [0.25, 0.3) is 0 Å². The monoisotopic (exact) mass is 244 g/mol. The molecule has 0 spiro atoms. The molecular formula is C15H20N2O. The van der Waals surface area contributed by atoms with Crippen LogP contribution in [0, 0.1) is 0 Å². The summed E-state index contributed by atoms with van der Waals surface area (Å²) in [6.07, 6.45) is 7.27. The number of nitrogens with one attached hydrogen (secondary N) is 1. The number of hydrogen-bond acceptors (Lipinski definition) is 3. The highest BCUT2D eigenvalue weighted by molar-refractivity contribution is 5.96. The number of fused-ring (bicyclic) bond motifs is 1. The van der Waals surface area contributed by atoms with Gasteiger partial charge in [0.2, 0.25) is 0 Å². The third kappa shape index (κ3) is 2.15. The van der Waals surface area contributed by atoms with Crippen LogP contribution in [0.4, 0.5) is 0 Å². The van der Waals surface area contributed by atoms with Crippen molar-refractivity contribution in [1.29, 1.82) is 0 Å². The van der Waals surface area contributed by atoms with Gasteiger partial charge in [0.05, 0.1) is 11.8 Å². The molecule has 0 aromatic heterocycles. The highest BCUT2D eigenvalue weighted by atomic mass is 16.4. The summed E-state index contributed by atoms with van der Waals surface area (Å²) in [6.45, 7) is 0. The fourth-order valence-corrected chi connectivity index (χ4v) is 3.24. The average Bonchev–Trinajstić information content (AvgIpc) is 2.78. The lowest BCUT2D eigenvalue weighted by atomic mass is 9.94. The lowest BCUT2D eigenvalue weighted by Gasteiger charge is -2.27. The van der Waals surface area contributed by atoms with E-state index in [9.17, 15) is 5.21 Å². The molecule has 1 aromatic carbocycles. The minimum atomic E-state index is 0.120. The minimum absolute atomic E-state index is 0.120. The molecular weight excluding hydrogens is 224 g/mol. The maximum atomic E-state index is 9.19. The standard InChI is InChI=1S/C15H20N2O/c18-17-14-10-11-6-4-5-9-13(11)15(14)16-12-7-2-1-3-8-12/h4-6,9,12,15-16,18H,1-3,7-8,10H2. The zero-order valence-corrected chi connectivity index (χ0v) is 10.6. The molecule has 3 rings (SSSR count). The van der Waals surface area contributed by atoms with Crippen molar-refractivity contribution in [3.8, 4) is 0 Å². The zero-order valence-electron chi connectivity index (χ0n) is 10.6. The Bertz CT molecular complexity index is 450. The fourth-order valence-electron chi connectivity index (χ4n) is 3.24. The molecule has 1 saturated carbocycles. The van der Waals surface area contributed by atoms with Crippen LogP contribution in [0.5, 0.6) is 0 Å². The second-order valence-corrected chi connectivity index (χ2v) is 5.40. The third-order valence-electron chi connectivity index (χ3n) is 4.21.